The standard InChI is InChI=1S/C14H15N3O2S2/c1-17-12(8-18)6-13(16-21(17)19)14-5-11(9-20-14)10-3-2-4-15-7-10/h2-5,7-9,12-13,16H,6H2,1H3. The second-order valence-electron chi connectivity index (χ2n) is 4.88. The van der Waals surface area contributed by atoms with Gasteiger partial charge >= 0.3 is 0 Å². The Morgan fingerprint density at radius 1 is 1.52 bits per heavy atom. The number of hydrogen-bond donors (Lipinski definition) is 1. The molecule has 0 aliphatic carbocycles. The van der Waals surface area contributed by atoms with E-state index in [9.17, 15) is 9.00 Å². The Labute approximate surface area is 129 Å². The Kier molecular flexibility index (Phi) is 4.25. The molecule has 3 unspecified atom stereocenters. The monoisotopic (exact) mass is 321 g/mol. The highest BCUT2D eigenvalue weighted by atomic mass is 32.2. The van der Waals surface area contributed by atoms with Gasteiger partial charge in [-0.25, -0.2) is 13.2 Å². The van der Waals surface area contributed by atoms with E-state index in [1.54, 1.807) is 28.9 Å². The molecule has 3 heterocycles. The molecule has 0 bridgehead atoms. The second-order valence-corrected chi connectivity index (χ2v) is 7.14. The summed E-state index contributed by atoms with van der Waals surface area (Å²) in [6.45, 7) is 0. The highest BCUT2D eigenvalue weighted by molar-refractivity contribution is 7.80. The summed E-state index contributed by atoms with van der Waals surface area (Å²) < 4.78 is 16.6. The summed E-state index contributed by atoms with van der Waals surface area (Å²) >= 11 is 0.273. The predicted octanol–water partition coefficient (Wildman–Crippen LogP) is 1.92. The van der Waals surface area contributed by atoms with E-state index in [0.717, 1.165) is 22.3 Å². The minimum Gasteiger partial charge on any atom is -0.302 e. The summed E-state index contributed by atoms with van der Waals surface area (Å²) in [5.41, 5.74) is 2.15. The lowest BCUT2D eigenvalue weighted by molar-refractivity contribution is -0.111. The number of carbonyl (C=O) groups is 1. The molecule has 0 amide bonds. The summed E-state index contributed by atoms with van der Waals surface area (Å²) in [7, 11) is 1.69. The van der Waals surface area contributed by atoms with Crippen molar-refractivity contribution in [2.24, 2.45) is 0 Å². The maximum Gasteiger partial charge on any atom is 0.170 e. The van der Waals surface area contributed by atoms with Gasteiger partial charge in [-0.3, -0.25) is 4.98 Å². The first kappa shape index (κ1) is 14.5. The van der Waals surface area contributed by atoms with Crippen LogP contribution < -0.4 is 4.72 Å². The van der Waals surface area contributed by atoms with Crippen LogP contribution in [0.1, 0.15) is 17.3 Å². The molecule has 3 atom stereocenters. The Morgan fingerprint density at radius 2 is 2.38 bits per heavy atom. The highest BCUT2D eigenvalue weighted by Crippen LogP contribution is 2.33. The van der Waals surface area contributed by atoms with E-state index in [0.29, 0.717) is 6.42 Å². The molecule has 0 aromatic carbocycles. The first-order chi connectivity index (χ1) is 10.2. The number of hydrogen-bond acceptors (Lipinski definition) is 4. The number of nitrogens with one attached hydrogen (secondary N) is 1. The number of likely N-dealkylation sites (N-methyl/N-ethyl adjacent to an activating group) is 1. The van der Waals surface area contributed by atoms with Crippen molar-refractivity contribution in [3.63, 3.8) is 0 Å². The lowest BCUT2D eigenvalue weighted by atomic mass is 10.1. The molecular formula is C14H15N3O2S2. The summed E-state index contributed by atoms with van der Waals surface area (Å²) in [5, 5.41) is 2.06. The Bertz CT molecular complexity index is 659. The minimum absolute atomic E-state index is 0.0624. The molecule has 5 nitrogen and oxygen atoms in total. The lowest BCUT2D eigenvalue weighted by Gasteiger charge is -2.32. The molecule has 0 spiro atoms. The molecule has 2 aromatic rings. The zero-order valence-electron chi connectivity index (χ0n) is 11.4. The van der Waals surface area contributed by atoms with Crippen LogP contribution in [0.15, 0.2) is 36.0 Å². The number of carbonyl (C=O) groups excluding carboxylic acids is 1. The van der Waals surface area contributed by atoms with Crippen LogP contribution in [0.2, 0.25) is 0 Å². The zero-order chi connectivity index (χ0) is 14.8. The molecular weight excluding hydrogens is 306 g/mol. The SMILES string of the molecule is CN1C(C=O)CC(c2cc(-c3cccnc3)cs2)NS1=O. The normalized spacial score (nSPS) is 26.6. The van der Waals surface area contributed by atoms with Gasteiger partial charge in [-0.1, -0.05) is 6.07 Å². The van der Waals surface area contributed by atoms with Gasteiger partial charge in [-0.15, -0.1) is 11.3 Å². The first-order valence-corrected chi connectivity index (χ1v) is 8.52. The molecule has 1 saturated heterocycles. The van der Waals surface area contributed by atoms with Crippen LogP contribution in [0.3, 0.4) is 0 Å². The number of nitrogens with zero attached hydrogens (tertiary/aromatic N) is 2. The second kappa shape index (κ2) is 6.15. The lowest BCUT2D eigenvalue weighted by Crippen LogP contribution is -2.48. The molecule has 0 radical (unpaired) electrons. The number of aldehydes is 1. The van der Waals surface area contributed by atoms with Gasteiger partial charge in [-0.2, -0.15) is 0 Å². The molecule has 0 saturated carbocycles. The molecule has 21 heavy (non-hydrogen) atoms. The predicted molar refractivity (Wildman–Crippen MR) is 83.8 cm³/mol. The van der Waals surface area contributed by atoms with Gasteiger partial charge in [-0.05, 0) is 29.5 Å². The topological polar surface area (TPSA) is 62.3 Å². The van der Waals surface area contributed by atoms with Crippen LogP contribution in [0.25, 0.3) is 11.1 Å². The van der Waals surface area contributed by atoms with Crippen molar-refractivity contribution >= 4 is 28.8 Å². The fourth-order valence-corrected chi connectivity index (χ4v) is 4.37. The smallest absolute Gasteiger partial charge is 0.170 e. The van der Waals surface area contributed by atoms with E-state index in [-0.39, 0.29) is 12.1 Å². The molecule has 1 aliphatic heterocycles. The van der Waals surface area contributed by atoms with Gasteiger partial charge < -0.3 is 4.79 Å². The molecule has 7 heteroatoms. The Morgan fingerprint density at radius 3 is 3.10 bits per heavy atom. The third-order valence-corrected chi connectivity index (χ3v) is 5.89. The van der Waals surface area contributed by atoms with Gasteiger partial charge in [0.1, 0.15) is 6.29 Å². The van der Waals surface area contributed by atoms with Gasteiger partial charge in [0.15, 0.2) is 11.2 Å². The van der Waals surface area contributed by atoms with Crippen molar-refractivity contribution in [3.05, 3.63) is 40.8 Å². The van der Waals surface area contributed by atoms with Crippen LogP contribution in [0, 0.1) is 0 Å². The number of rotatable bonds is 3. The largest absolute Gasteiger partial charge is 0.302 e. The summed E-state index contributed by atoms with van der Waals surface area (Å²) in [6, 6.07) is 5.60. The molecule has 2 aromatic heterocycles. The third kappa shape index (κ3) is 2.96. The Hall–Kier alpha value is -1.41. The summed E-state index contributed by atoms with van der Waals surface area (Å²) in [4.78, 5) is 16.3. The summed E-state index contributed by atoms with van der Waals surface area (Å²) in [5.74, 6) is 0. The number of aromatic nitrogens is 1. The van der Waals surface area contributed by atoms with Gasteiger partial charge in [0.2, 0.25) is 0 Å². The molecule has 3 rings (SSSR count). The van der Waals surface area contributed by atoms with Crippen molar-refractivity contribution in [2.75, 3.05) is 7.05 Å². The average Bonchev–Trinajstić information content (AvgIpc) is 3.00. The Balaban J connectivity index is 1.83. The molecule has 1 fully saturated rings. The van der Waals surface area contributed by atoms with E-state index in [4.69, 9.17) is 0 Å². The zero-order valence-corrected chi connectivity index (χ0v) is 13.1. The average molecular weight is 321 g/mol. The van der Waals surface area contributed by atoms with Crippen molar-refractivity contribution in [2.45, 2.75) is 18.5 Å². The van der Waals surface area contributed by atoms with Crippen molar-refractivity contribution < 1.29 is 9.00 Å². The maximum atomic E-state index is 12.0. The molecule has 110 valence electrons. The fourth-order valence-electron chi connectivity index (χ4n) is 2.30. The van der Waals surface area contributed by atoms with Crippen LogP contribution in [0.4, 0.5) is 0 Å². The van der Waals surface area contributed by atoms with Crippen molar-refractivity contribution in [1.82, 2.24) is 14.0 Å². The van der Waals surface area contributed by atoms with Crippen LogP contribution >= 0.6 is 11.3 Å². The minimum atomic E-state index is -1.33. The van der Waals surface area contributed by atoms with E-state index in [1.165, 1.54) is 0 Å². The number of pyridine rings is 1. The van der Waals surface area contributed by atoms with Gasteiger partial charge in [0.05, 0.1) is 12.1 Å². The van der Waals surface area contributed by atoms with E-state index < -0.39 is 11.2 Å². The van der Waals surface area contributed by atoms with E-state index in [1.807, 2.05) is 18.3 Å². The quantitative estimate of drug-likeness (QED) is 0.879. The van der Waals surface area contributed by atoms with E-state index in [2.05, 4.69) is 21.2 Å². The third-order valence-electron chi connectivity index (χ3n) is 3.56. The van der Waals surface area contributed by atoms with Crippen molar-refractivity contribution in [1.29, 1.82) is 0 Å². The van der Waals surface area contributed by atoms with Crippen molar-refractivity contribution in [3.8, 4) is 11.1 Å². The number of thiophene rings is 1. The molecule has 1 aliphatic rings. The van der Waals surface area contributed by atoms with E-state index >= 15 is 0 Å². The first-order valence-electron chi connectivity index (χ1n) is 6.54. The van der Waals surface area contributed by atoms with Gasteiger partial charge in [0, 0.05) is 29.9 Å². The molecule has 1 N–H and O–H groups in total. The fraction of sp³-hybridized carbons (Fsp3) is 0.286. The van der Waals surface area contributed by atoms with Crippen LogP contribution in [-0.4, -0.2) is 32.9 Å². The van der Waals surface area contributed by atoms with Crippen LogP contribution in [0.5, 0.6) is 0 Å². The summed E-state index contributed by atoms with van der Waals surface area (Å²) in [6.07, 6.45) is 5.05. The van der Waals surface area contributed by atoms with Crippen LogP contribution in [-0.2, 0) is 16.0 Å². The maximum absolute atomic E-state index is 12.0. The highest BCUT2D eigenvalue weighted by Gasteiger charge is 2.32. The van der Waals surface area contributed by atoms with Gasteiger partial charge in [0.25, 0.3) is 0 Å².